The molecule has 3 rings (SSSR count). The van der Waals surface area contributed by atoms with Crippen molar-refractivity contribution in [1.29, 1.82) is 0 Å². The number of carbonyl (C=O) groups is 2. The number of hydrogen-bond acceptors (Lipinski definition) is 6. The number of nitrogens with zero attached hydrogens (tertiary/aromatic N) is 2. The van der Waals surface area contributed by atoms with Gasteiger partial charge in [-0.15, -0.1) is 0 Å². The predicted octanol–water partition coefficient (Wildman–Crippen LogP) is 2.69. The number of ether oxygens (including phenoxy) is 1. The number of benzene rings is 1. The molecule has 0 unspecified atom stereocenters. The largest absolute Gasteiger partial charge is 0.459 e. The minimum atomic E-state index is -3.60. The number of piperidine rings is 1. The van der Waals surface area contributed by atoms with Crippen molar-refractivity contribution in [3.8, 4) is 0 Å². The molecule has 1 aliphatic rings. The molecular formula is C21H25N3O5S. The van der Waals surface area contributed by atoms with Gasteiger partial charge in [-0.3, -0.25) is 9.78 Å². The highest BCUT2D eigenvalue weighted by molar-refractivity contribution is 7.89. The van der Waals surface area contributed by atoms with E-state index in [1.165, 1.54) is 22.8 Å². The third-order valence-corrected chi connectivity index (χ3v) is 6.71. The first-order valence-electron chi connectivity index (χ1n) is 9.79. The third kappa shape index (κ3) is 5.22. The summed E-state index contributed by atoms with van der Waals surface area (Å²) in [5.41, 5.74) is 0.988. The molecule has 0 radical (unpaired) electrons. The van der Waals surface area contributed by atoms with Crippen LogP contribution in [0.1, 0.15) is 37.0 Å². The Morgan fingerprint density at radius 2 is 1.80 bits per heavy atom. The molecule has 1 N–H and O–H groups in total. The molecule has 0 atom stereocenters. The summed E-state index contributed by atoms with van der Waals surface area (Å²) in [7, 11) is -3.60. The van der Waals surface area contributed by atoms with E-state index in [9.17, 15) is 18.0 Å². The Bertz CT molecular complexity index is 983. The molecule has 9 heteroatoms. The Labute approximate surface area is 176 Å². The maximum absolute atomic E-state index is 12.7. The Balaban J connectivity index is 1.55. The zero-order chi connectivity index (χ0) is 21.7. The fraction of sp³-hybridized carbons (Fsp3) is 0.381. The average molecular weight is 432 g/mol. The summed E-state index contributed by atoms with van der Waals surface area (Å²) in [4.78, 5) is 28.5. The molecule has 0 aliphatic carbocycles. The van der Waals surface area contributed by atoms with E-state index in [-0.39, 0.29) is 35.9 Å². The number of carbonyl (C=O) groups excluding carboxylic acids is 2. The van der Waals surface area contributed by atoms with E-state index in [2.05, 4.69) is 10.3 Å². The van der Waals surface area contributed by atoms with Crippen molar-refractivity contribution in [1.82, 2.24) is 9.29 Å². The fourth-order valence-corrected chi connectivity index (χ4v) is 4.66. The lowest BCUT2D eigenvalue weighted by Crippen LogP contribution is -2.41. The van der Waals surface area contributed by atoms with Crippen molar-refractivity contribution in [2.45, 2.75) is 37.7 Å². The van der Waals surface area contributed by atoms with E-state index in [0.29, 0.717) is 24.1 Å². The van der Waals surface area contributed by atoms with Gasteiger partial charge in [-0.25, -0.2) is 13.2 Å². The standard InChI is InChI=1S/C21H25N3O5S/c1-15(2)29-21(26)17-5-7-18(8-6-17)23-20(25)16-9-12-24(13-10-16)30(27,28)19-4-3-11-22-14-19/h3-8,11,14-16H,9-10,12-13H2,1-2H3,(H,23,25). The molecule has 0 saturated carbocycles. The Hall–Kier alpha value is -2.78. The van der Waals surface area contributed by atoms with Crippen LogP contribution in [0.2, 0.25) is 0 Å². The van der Waals surface area contributed by atoms with Gasteiger partial charge in [0.05, 0.1) is 11.7 Å². The molecule has 0 bridgehead atoms. The Morgan fingerprint density at radius 1 is 1.13 bits per heavy atom. The third-order valence-electron chi connectivity index (χ3n) is 4.83. The highest BCUT2D eigenvalue weighted by Crippen LogP contribution is 2.24. The van der Waals surface area contributed by atoms with E-state index in [1.807, 2.05) is 0 Å². The van der Waals surface area contributed by atoms with Crippen molar-refractivity contribution in [3.63, 3.8) is 0 Å². The van der Waals surface area contributed by atoms with Crippen molar-refractivity contribution < 1.29 is 22.7 Å². The van der Waals surface area contributed by atoms with Crippen molar-refractivity contribution in [2.75, 3.05) is 18.4 Å². The van der Waals surface area contributed by atoms with Crippen LogP contribution in [0.5, 0.6) is 0 Å². The zero-order valence-electron chi connectivity index (χ0n) is 16.9. The van der Waals surface area contributed by atoms with E-state index in [0.717, 1.165) is 0 Å². The van der Waals surface area contributed by atoms with Crippen LogP contribution in [-0.2, 0) is 19.6 Å². The number of sulfonamides is 1. The minimum Gasteiger partial charge on any atom is -0.459 e. The van der Waals surface area contributed by atoms with Crippen LogP contribution in [0.4, 0.5) is 5.69 Å². The van der Waals surface area contributed by atoms with Crippen LogP contribution in [0, 0.1) is 5.92 Å². The topological polar surface area (TPSA) is 106 Å². The van der Waals surface area contributed by atoms with Gasteiger partial charge in [0.15, 0.2) is 0 Å². The minimum absolute atomic E-state index is 0.156. The second-order valence-electron chi connectivity index (χ2n) is 7.39. The molecule has 1 aromatic heterocycles. The summed E-state index contributed by atoms with van der Waals surface area (Å²) in [6.07, 6.45) is 3.52. The Kier molecular flexibility index (Phi) is 6.84. The quantitative estimate of drug-likeness (QED) is 0.705. The van der Waals surface area contributed by atoms with Crippen LogP contribution in [0.15, 0.2) is 53.7 Å². The van der Waals surface area contributed by atoms with Gasteiger partial charge < -0.3 is 10.1 Å². The first-order valence-corrected chi connectivity index (χ1v) is 11.2. The molecule has 2 aromatic rings. The first-order chi connectivity index (χ1) is 14.3. The second kappa shape index (κ2) is 9.36. The molecule has 2 heterocycles. The van der Waals surface area contributed by atoms with Gasteiger partial charge >= 0.3 is 5.97 Å². The number of hydrogen-bond donors (Lipinski definition) is 1. The summed E-state index contributed by atoms with van der Waals surface area (Å²) in [5.74, 6) is -0.855. The van der Waals surface area contributed by atoms with E-state index in [4.69, 9.17) is 4.74 Å². The van der Waals surface area contributed by atoms with Gasteiger partial charge in [-0.2, -0.15) is 4.31 Å². The molecule has 0 spiro atoms. The van der Waals surface area contributed by atoms with E-state index in [1.54, 1.807) is 44.2 Å². The summed E-state index contributed by atoms with van der Waals surface area (Å²) < 4.78 is 31.8. The van der Waals surface area contributed by atoms with Crippen LogP contribution in [0.25, 0.3) is 0 Å². The number of esters is 1. The maximum atomic E-state index is 12.7. The smallest absolute Gasteiger partial charge is 0.338 e. The highest BCUT2D eigenvalue weighted by atomic mass is 32.2. The molecule has 8 nitrogen and oxygen atoms in total. The summed E-state index contributed by atoms with van der Waals surface area (Å²) in [6, 6.07) is 9.60. The highest BCUT2D eigenvalue weighted by Gasteiger charge is 2.32. The molecule has 1 saturated heterocycles. The number of rotatable bonds is 6. The van der Waals surface area contributed by atoms with Crippen molar-refractivity contribution >= 4 is 27.6 Å². The fourth-order valence-electron chi connectivity index (χ4n) is 3.22. The first kappa shape index (κ1) is 21.9. The molecule has 1 fully saturated rings. The number of pyridine rings is 1. The summed E-state index contributed by atoms with van der Waals surface area (Å²) in [6.45, 7) is 4.10. The average Bonchev–Trinajstić information content (AvgIpc) is 2.74. The Morgan fingerprint density at radius 3 is 2.37 bits per heavy atom. The number of nitrogens with one attached hydrogen (secondary N) is 1. The maximum Gasteiger partial charge on any atom is 0.338 e. The monoisotopic (exact) mass is 431 g/mol. The van der Waals surface area contributed by atoms with Crippen LogP contribution in [-0.4, -0.2) is 48.8 Å². The van der Waals surface area contributed by atoms with E-state index < -0.39 is 16.0 Å². The summed E-state index contributed by atoms with van der Waals surface area (Å²) >= 11 is 0. The molecular weight excluding hydrogens is 406 g/mol. The van der Waals surface area contributed by atoms with E-state index >= 15 is 0 Å². The van der Waals surface area contributed by atoms with Crippen LogP contribution < -0.4 is 5.32 Å². The molecule has 1 amide bonds. The van der Waals surface area contributed by atoms with Crippen LogP contribution in [0.3, 0.4) is 0 Å². The van der Waals surface area contributed by atoms with Crippen molar-refractivity contribution in [3.05, 3.63) is 54.4 Å². The number of anilines is 1. The van der Waals surface area contributed by atoms with Gasteiger partial charge in [0.25, 0.3) is 0 Å². The molecule has 160 valence electrons. The molecule has 1 aromatic carbocycles. The zero-order valence-corrected chi connectivity index (χ0v) is 17.8. The van der Waals surface area contributed by atoms with Gasteiger partial charge in [-0.1, -0.05) is 0 Å². The lowest BCUT2D eigenvalue weighted by molar-refractivity contribution is -0.120. The SMILES string of the molecule is CC(C)OC(=O)c1ccc(NC(=O)C2CCN(S(=O)(=O)c3cccnc3)CC2)cc1. The second-order valence-corrected chi connectivity index (χ2v) is 9.33. The lowest BCUT2D eigenvalue weighted by atomic mass is 9.97. The van der Waals surface area contributed by atoms with Gasteiger partial charge in [0.1, 0.15) is 4.90 Å². The summed E-state index contributed by atoms with van der Waals surface area (Å²) in [5, 5.41) is 2.83. The van der Waals surface area contributed by atoms with Gasteiger partial charge in [0, 0.05) is 37.1 Å². The van der Waals surface area contributed by atoms with Crippen molar-refractivity contribution in [2.24, 2.45) is 5.92 Å². The normalized spacial score (nSPS) is 15.7. The number of amides is 1. The van der Waals surface area contributed by atoms with Gasteiger partial charge in [-0.05, 0) is 63.1 Å². The predicted molar refractivity (Wildman–Crippen MR) is 111 cm³/mol. The van der Waals surface area contributed by atoms with Gasteiger partial charge in [0.2, 0.25) is 15.9 Å². The lowest BCUT2D eigenvalue weighted by Gasteiger charge is -2.30. The molecule has 1 aliphatic heterocycles. The molecule has 30 heavy (non-hydrogen) atoms. The number of aromatic nitrogens is 1. The van der Waals surface area contributed by atoms with Crippen LogP contribution >= 0.6 is 0 Å².